The first-order valence-corrected chi connectivity index (χ1v) is 9.58. The molecule has 0 aliphatic rings. The third kappa shape index (κ3) is 4.15. The molecule has 2 heterocycles. The summed E-state index contributed by atoms with van der Waals surface area (Å²) >= 11 is 6.34. The van der Waals surface area contributed by atoms with Crippen LogP contribution in [-0.4, -0.2) is 39.0 Å². The standard InChI is InChI=1S/C22H16ClN5O3/c1-31-22(30)14-7-6-8-15(13-14)25-21(29)19-20(17-10-4-5-12-24-17)28(27-26-19)18-11-3-2-9-16(18)23/h2-13H,1H3,(H,25,29). The second kappa shape index (κ2) is 8.76. The third-order valence-electron chi connectivity index (χ3n) is 4.42. The zero-order valence-electron chi connectivity index (χ0n) is 16.3. The van der Waals surface area contributed by atoms with Crippen molar-refractivity contribution in [1.29, 1.82) is 0 Å². The van der Waals surface area contributed by atoms with Gasteiger partial charge in [-0.2, -0.15) is 0 Å². The van der Waals surface area contributed by atoms with Gasteiger partial charge in [-0.1, -0.05) is 41.1 Å². The summed E-state index contributed by atoms with van der Waals surface area (Å²) in [5, 5.41) is 11.4. The molecule has 0 fully saturated rings. The number of amides is 1. The number of hydrogen-bond donors (Lipinski definition) is 1. The molecule has 0 saturated heterocycles. The molecular weight excluding hydrogens is 418 g/mol. The van der Waals surface area contributed by atoms with Crippen LogP contribution in [0.3, 0.4) is 0 Å². The molecule has 0 bridgehead atoms. The molecule has 4 aromatic rings. The van der Waals surface area contributed by atoms with E-state index in [0.717, 1.165) is 0 Å². The predicted molar refractivity (Wildman–Crippen MR) is 115 cm³/mol. The second-order valence-corrected chi connectivity index (χ2v) is 6.80. The highest BCUT2D eigenvalue weighted by Gasteiger charge is 2.24. The second-order valence-electron chi connectivity index (χ2n) is 6.39. The molecule has 154 valence electrons. The summed E-state index contributed by atoms with van der Waals surface area (Å²) in [5.41, 5.74) is 2.22. The SMILES string of the molecule is COC(=O)c1cccc(NC(=O)c2nnn(-c3ccccc3Cl)c2-c2ccccn2)c1. The summed E-state index contributed by atoms with van der Waals surface area (Å²) < 4.78 is 6.20. The number of benzene rings is 2. The summed E-state index contributed by atoms with van der Waals surface area (Å²) in [6, 6.07) is 18.8. The minimum atomic E-state index is -0.513. The average molecular weight is 434 g/mol. The number of carbonyl (C=O) groups is 2. The van der Waals surface area contributed by atoms with Crippen molar-refractivity contribution in [3.63, 3.8) is 0 Å². The summed E-state index contributed by atoms with van der Waals surface area (Å²) in [5.74, 6) is -1.02. The number of esters is 1. The number of pyridine rings is 1. The lowest BCUT2D eigenvalue weighted by Crippen LogP contribution is -2.15. The first-order chi connectivity index (χ1) is 15.1. The maximum Gasteiger partial charge on any atom is 0.337 e. The first kappa shape index (κ1) is 20.2. The Bertz CT molecular complexity index is 1260. The number of rotatable bonds is 5. The minimum absolute atomic E-state index is 0.0575. The highest BCUT2D eigenvalue weighted by Crippen LogP contribution is 2.28. The molecule has 0 unspecified atom stereocenters. The van der Waals surface area contributed by atoms with Crippen molar-refractivity contribution in [2.75, 3.05) is 12.4 Å². The molecule has 2 aromatic carbocycles. The van der Waals surface area contributed by atoms with Crippen molar-refractivity contribution in [2.45, 2.75) is 0 Å². The van der Waals surface area contributed by atoms with Crippen molar-refractivity contribution in [3.8, 4) is 17.1 Å². The smallest absolute Gasteiger partial charge is 0.337 e. The van der Waals surface area contributed by atoms with Gasteiger partial charge in [0, 0.05) is 11.9 Å². The van der Waals surface area contributed by atoms with Crippen LogP contribution in [0.15, 0.2) is 72.9 Å². The molecular formula is C22H16ClN5O3. The fraction of sp³-hybridized carbons (Fsp3) is 0.0455. The third-order valence-corrected chi connectivity index (χ3v) is 4.73. The fourth-order valence-corrected chi connectivity index (χ4v) is 3.21. The number of methoxy groups -OCH3 is 1. The van der Waals surface area contributed by atoms with E-state index in [-0.39, 0.29) is 5.69 Å². The molecule has 4 rings (SSSR count). The number of hydrogen-bond acceptors (Lipinski definition) is 6. The van der Waals surface area contributed by atoms with Gasteiger partial charge >= 0.3 is 5.97 Å². The monoisotopic (exact) mass is 433 g/mol. The highest BCUT2D eigenvalue weighted by molar-refractivity contribution is 6.32. The number of aromatic nitrogens is 4. The summed E-state index contributed by atoms with van der Waals surface area (Å²) in [4.78, 5) is 29.2. The summed E-state index contributed by atoms with van der Waals surface area (Å²) in [6.07, 6.45) is 1.61. The van der Waals surface area contributed by atoms with E-state index in [2.05, 4.69) is 20.6 Å². The number of halogens is 1. The molecule has 0 spiro atoms. The maximum atomic E-state index is 13.1. The van der Waals surface area contributed by atoms with Crippen LogP contribution in [0, 0.1) is 0 Å². The van der Waals surface area contributed by atoms with Gasteiger partial charge in [-0.05, 0) is 42.5 Å². The molecule has 0 saturated carbocycles. The molecule has 1 amide bonds. The zero-order valence-corrected chi connectivity index (χ0v) is 17.1. The fourth-order valence-electron chi connectivity index (χ4n) is 2.99. The van der Waals surface area contributed by atoms with E-state index in [0.29, 0.717) is 33.3 Å². The Morgan fingerprint density at radius 2 is 1.84 bits per heavy atom. The van der Waals surface area contributed by atoms with Crippen molar-refractivity contribution < 1.29 is 14.3 Å². The van der Waals surface area contributed by atoms with Crippen molar-refractivity contribution in [3.05, 3.63) is 89.2 Å². The topological polar surface area (TPSA) is 99.0 Å². The van der Waals surface area contributed by atoms with Crippen molar-refractivity contribution >= 4 is 29.2 Å². The quantitative estimate of drug-likeness (QED) is 0.477. The summed E-state index contributed by atoms with van der Waals surface area (Å²) in [7, 11) is 1.29. The molecule has 2 aromatic heterocycles. The summed E-state index contributed by atoms with van der Waals surface area (Å²) in [6.45, 7) is 0. The number of para-hydroxylation sites is 1. The molecule has 0 radical (unpaired) electrons. The van der Waals surface area contributed by atoms with Crippen LogP contribution < -0.4 is 5.32 Å². The Morgan fingerprint density at radius 1 is 1.03 bits per heavy atom. The Balaban J connectivity index is 1.76. The van der Waals surface area contributed by atoms with Gasteiger partial charge in [-0.3, -0.25) is 9.78 Å². The van der Waals surface area contributed by atoms with Gasteiger partial charge in [-0.25, -0.2) is 9.48 Å². The molecule has 0 aliphatic heterocycles. The maximum absolute atomic E-state index is 13.1. The van der Waals surface area contributed by atoms with E-state index in [4.69, 9.17) is 16.3 Å². The van der Waals surface area contributed by atoms with Gasteiger partial charge in [-0.15, -0.1) is 5.10 Å². The molecule has 31 heavy (non-hydrogen) atoms. The van der Waals surface area contributed by atoms with Crippen LogP contribution in [-0.2, 0) is 4.74 Å². The van der Waals surface area contributed by atoms with E-state index < -0.39 is 11.9 Å². The van der Waals surface area contributed by atoms with E-state index in [1.165, 1.54) is 17.9 Å². The van der Waals surface area contributed by atoms with E-state index >= 15 is 0 Å². The van der Waals surface area contributed by atoms with Gasteiger partial charge in [0.15, 0.2) is 5.69 Å². The lowest BCUT2D eigenvalue weighted by Gasteiger charge is -2.10. The van der Waals surface area contributed by atoms with Crippen LogP contribution in [0.2, 0.25) is 5.02 Å². The largest absolute Gasteiger partial charge is 0.465 e. The minimum Gasteiger partial charge on any atom is -0.465 e. The van der Waals surface area contributed by atoms with E-state index in [1.54, 1.807) is 60.8 Å². The lowest BCUT2D eigenvalue weighted by atomic mass is 10.1. The molecule has 0 atom stereocenters. The Hall–Kier alpha value is -4.04. The molecule has 1 N–H and O–H groups in total. The lowest BCUT2D eigenvalue weighted by molar-refractivity contribution is 0.0600. The Labute approximate surface area is 182 Å². The van der Waals surface area contributed by atoms with Gasteiger partial charge in [0.05, 0.1) is 29.1 Å². The normalized spacial score (nSPS) is 10.5. The van der Waals surface area contributed by atoms with Crippen LogP contribution in [0.5, 0.6) is 0 Å². The Kier molecular flexibility index (Phi) is 5.72. The Morgan fingerprint density at radius 3 is 2.58 bits per heavy atom. The molecule has 0 aliphatic carbocycles. The number of ether oxygens (including phenoxy) is 1. The molecule has 9 heteroatoms. The van der Waals surface area contributed by atoms with Gasteiger partial charge in [0.2, 0.25) is 0 Å². The zero-order chi connectivity index (χ0) is 21.8. The van der Waals surface area contributed by atoms with Crippen molar-refractivity contribution in [2.24, 2.45) is 0 Å². The molecule has 8 nitrogen and oxygen atoms in total. The number of carbonyl (C=O) groups excluding carboxylic acids is 2. The highest BCUT2D eigenvalue weighted by atomic mass is 35.5. The van der Waals surface area contributed by atoms with Crippen LogP contribution in [0.1, 0.15) is 20.8 Å². The van der Waals surface area contributed by atoms with Gasteiger partial charge < -0.3 is 10.1 Å². The number of nitrogens with one attached hydrogen (secondary N) is 1. The van der Waals surface area contributed by atoms with Crippen LogP contribution >= 0.6 is 11.6 Å². The number of anilines is 1. The van der Waals surface area contributed by atoms with E-state index in [9.17, 15) is 9.59 Å². The van der Waals surface area contributed by atoms with Gasteiger partial charge in [0.1, 0.15) is 5.69 Å². The van der Waals surface area contributed by atoms with Crippen LogP contribution in [0.4, 0.5) is 5.69 Å². The van der Waals surface area contributed by atoms with Crippen LogP contribution in [0.25, 0.3) is 17.1 Å². The van der Waals surface area contributed by atoms with Crippen molar-refractivity contribution in [1.82, 2.24) is 20.0 Å². The average Bonchev–Trinajstić information content (AvgIpc) is 3.24. The van der Waals surface area contributed by atoms with Gasteiger partial charge in [0.25, 0.3) is 5.91 Å². The number of nitrogens with zero attached hydrogens (tertiary/aromatic N) is 4. The predicted octanol–water partition coefficient (Wildman–Crippen LogP) is 4.02. The first-order valence-electron chi connectivity index (χ1n) is 9.20. The van der Waals surface area contributed by atoms with E-state index in [1.807, 2.05) is 6.07 Å².